The standard InChI is InChI=1S/C13H19F2NO/c1-10(2)8-17-12-6-4-11(5-7-12)13(14,15)9-16-3/h4-7,10,16H,8-9H2,1-3H3. The van der Waals surface area contributed by atoms with Gasteiger partial charge in [0.2, 0.25) is 0 Å². The fraction of sp³-hybridized carbons (Fsp3) is 0.538. The van der Waals surface area contributed by atoms with E-state index in [1.807, 2.05) is 13.8 Å². The molecule has 1 aromatic carbocycles. The Kier molecular flexibility index (Phi) is 4.87. The lowest BCUT2D eigenvalue weighted by Crippen LogP contribution is -2.27. The number of likely N-dealkylation sites (N-methyl/N-ethyl adjacent to an activating group) is 1. The first-order chi connectivity index (χ1) is 7.95. The Labute approximate surface area is 101 Å². The maximum Gasteiger partial charge on any atom is 0.285 e. The molecule has 1 N–H and O–H groups in total. The van der Waals surface area contributed by atoms with E-state index >= 15 is 0 Å². The van der Waals surface area contributed by atoms with Gasteiger partial charge in [-0.1, -0.05) is 13.8 Å². The van der Waals surface area contributed by atoms with Gasteiger partial charge in [-0.15, -0.1) is 0 Å². The first-order valence-corrected chi connectivity index (χ1v) is 5.71. The lowest BCUT2D eigenvalue weighted by Gasteiger charge is -2.16. The molecule has 0 saturated carbocycles. The van der Waals surface area contributed by atoms with E-state index in [0.717, 1.165) is 0 Å². The molecule has 0 aromatic heterocycles. The predicted octanol–water partition coefficient (Wildman–Crippen LogP) is 3.03. The van der Waals surface area contributed by atoms with Crippen LogP contribution in [0, 0.1) is 5.92 Å². The number of hydrogen-bond donors (Lipinski definition) is 1. The molecule has 0 heterocycles. The number of benzene rings is 1. The minimum atomic E-state index is -2.84. The van der Waals surface area contributed by atoms with E-state index < -0.39 is 5.92 Å². The van der Waals surface area contributed by atoms with Crippen LogP contribution in [-0.4, -0.2) is 20.2 Å². The number of alkyl halides is 2. The topological polar surface area (TPSA) is 21.3 Å². The third kappa shape index (κ3) is 4.30. The van der Waals surface area contributed by atoms with Crippen molar-refractivity contribution in [3.63, 3.8) is 0 Å². The molecule has 0 amide bonds. The summed E-state index contributed by atoms with van der Waals surface area (Å²) >= 11 is 0. The van der Waals surface area contributed by atoms with Crippen molar-refractivity contribution in [2.75, 3.05) is 20.2 Å². The maximum atomic E-state index is 13.5. The molecular weight excluding hydrogens is 224 g/mol. The highest BCUT2D eigenvalue weighted by Gasteiger charge is 2.30. The number of rotatable bonds is 6. The Hall–Kier alpha value is -1.16. The molecule has 0 aliphatic carbocycles. The van der Waals surface area contributed by atoms with E-state index in [-0.39, 0.29) is 12.1 Å². The fourth-order valence-electron chi connectivity index (χ4n) is 1.38. The Morgan fingerprint density at radius 3 is 2.29 bits per heavy atom. The van der Waals surface area contributed by atoms with Gasteiger partial charge in [-0.05, 0) is 37.2 Å². The summed E-state index contributed by atoms with van der Waals surface area (Å²) in [5, 5.41) is 2.48. The van der Waals surface area contributed by atoms with Gasteiger partial charge in [-0.3, -0.25) is 0 Å². The molecule has 0 fully saturated rings. The van der Waals surface area contributed by atoms with Crippen LogP contribution in [-0.2, 0) is 5.92 Å². The zero-order valence-corrected chi connectivity index (χ0v) is 10.5. The average molecular weight is 243 g/mol. The van der Waals surface area contributed by atoms with Crippen molar-refractivity contribution in [3.8, 4) is 5.75 Å². The quantitative estimate of drug-likeness (QED) is 0.829. The minimum absolute atomic E-state index is 0.00347. The minimum Gasteiger partial charge on any atom is -0.493 e. The smallest absolute Gasteiger partial charge is 0.285 e. The van der Waals surface area contributed by atoms with Crippen LogP contribution in [0.1, 0.15) is 19.4 Å². The lowest BCUT2D eigenvalue weighted by atomic mass is 10.1. The molecule has 0 aliphatic rings. The second-order valence-electron chi connectivity index (χ2n) is 4.46. The molecule has 0 spiro atoms. The molecule has 0 bridgehead atoms. The van der Waals surface area contributed by atoms with Crippen molar-refractivity contribution in [3.05, 3.63) is 29.8 Å². The van der Waals surface area contributed by atoms with Gasteiger partial charge < -0.3 is 10.1 Å². The molecule has 0 aliphatic heterocycles. The number of ether oxygens (including phenoxy) is 1. The molecule has 0 atom stereocenters. The van der Waals surface area contributed by atoms with E-state index in [0.29, 0.717) is 18.3 Å². The Balaban J connectivity index is 2.67. The number of nitrogens with one attached hydrogen (secondary N) is 1. The van der Waals surface area contributed by atoms with Crippen LogP contribution in [0.15, 0.2) is 24.3 Å². The van der Waals surface area contributed by atoms with Crippen LogP contribution < -0.4 is 10.1 Å². The molecule has 96 valence electrons. The van der Waals surface area contributed by atoms with Gasteiger partial charge in [0.05, 0.1) is 13.2 Å². The first-order valence-electron chi connectivity index (χ1n) is 5.71. The van der Waals surface area contributed by atoms with Crippen molar-refractivity contribution in [2.45, 2.75) is 19.8 Å². The molecule has 1 rings (SSSR count). The first kappa shape index (κ1) is 13.9. The van der Waals surface area contributed by atoms with Crippen molar-refractivity contribution < 1.29 is 13.5 Å². The summed E-state index contributed by atoms with van der Waals surface area (Å²) in [6.45, 7) is 4.30. The van der Waals surface area contributed by atoms with E-state index in [9.17, 15) is 8.78 Å². The summed E-state index contributed by atoms with van der Waals surface area (Å²) in [6, 6.07) is 5.99. The van der Waals surface area contributed by atoms with Gasteiger partial charge in [0, 0.05) is 5.56 Å². The number of hydrogen-bond acceptors (Lipinski definition) is 2. The van der Waals surface area contributed by atoms with Crippen LogP contribution in [0.2, 0.25) is 0 Å². The summed E-state index contributed by atoms with van der Waals surface area (Å²) in [5.41, 5.74) is 0.00347. The molecular formula is C13H19F2NO. The highest BCUT2D eigenvalue weighted by atomic mass is 19.3. The van der Waals surface area contributed by atoms with Gasteiger partial charge in [0.1, 0.15) is 5.75 Å². The normalized spacial score (nSPS) is 11.9. The van der Waals surface area contributed by atoms with Gasteiger partial charge >= 0.3 is 0 Å². The van der Waals surface area contributed by atoms with Gasteiger partial charge in [0.25, 0.3) is 5.92 Å². The zero-order valence-electron chi connectivity index (χ0n) is 10.5. The second kappa shape index (κ2) is 5.96. The van der Waals surface area contributed by atoms with Crippen LogP contribution in [0.25, 0.3) is 0 Å². The van der Waals surface area contributed by atoms with E-state index in [4.69, 9.17) is 4.74 Å². The largest absolute Gasteiger partial charge is 0.493 e. The molecule has 4 heteroatoms. The monoisotopic (exact) mass is 243 g/mol. The van der Waals surface area contributed by atoms with Gasteiger partial charge in [-0.2, -0.15) is 8.78 Å². The SMILES string of the molecule is CNCC(F)(F)c1ccc(OCC(C)C)cc1. The summed E-state index contributed by atoms with van der Waals surface area (Å²) in [6.07, 6.45) is 0. The molecule has 1 aromatic rings. The van der Waals surface area contributed by atoms with Crippen LogP contribution in [0.3, 0.4) is 0 Å². The molecule has 17 heavy (non-hydrogen) atoms. The Morgan fingerprint density at radius 2 is 1.82 bits per heavy atom. The average Bonchev–Trinajstić information content (AvgIpc) is 2.27. The van der Waals surface area contributed by atoms with Crippen LogP contribution in [0.5, 0.6) is 5.75 Å². The summed E-state index contributed by atoms with van der Waals surface area (Å²) in [5.74, 6) is -1.80. The highest BCUT2D eigenvalue weighted by Crippen LogP contribution is 2.28. The summed E-state index contributed by atoms with van der Waals surface area (Å²) in [4.78, 5) is 0. The van der Waals surface area contributed by atoms with Crippen LogP contribution >= 0.6 is 0 Å². The Bertz CT molecular complexity index is 336. The number of halogens is 2. The van der Waals surface area contributed by atoms with Crippen LogP contribution in [0.4, 0.5) is 8.78 Å². The van der Waals surface area contributed by atoms with Crippen molar-refractivity contribution >= 4 is 0 Å². The predicted molar refractivity (Wildman–Crippen MR) is 64.6 cm³/mol. The van der Waals surface area contributed by atoms with Gasteiger partial charge in [-0.25, -0.2) is 0 Å². The third-order valence-corrected chi connectivity index (χ3v) is 2.26. The van der Waals surface area contributed by atoms with Crippen molar-refractivity contribution in [1.82, 2.24) is 5.32 Å². The summed E-state index contributed by atoms with van der Waals surface area (Å²) < 4.78 is 32.4. The van der Waals surface area contributed by atoms with E-state index in [1.165, 1.54) is 19.2 Å². The van der Waals surface area contributed by atoms with Crippen molar-refractivity contribution in [2.24, 2.45) is 5.92 Å². The third-order valence-electron chi connectivity index (χ3n) is 2.26. The van der Waals surface area contributed by atoms with E-state index in [1.54, 1.807) is 12.1 Å². The Morgan fingerprint density at radius 1 is 1.24 bits per heavy atom. The highest BCUT2D eigenvalue weighted by molar-refractivity contribution is 5.30. The van der Waals surface area contributed by atoms with Crippen molar-refractivity contribution in [1.29, 1.82) is 0 Å². The maximum absolute atomic E-state index is 13.5. The molecule has 2 nitrogen and oxygen atoms in total. The zero-order chi connectivity index (χ0) is 12.9. The molecule has 0 saturated heterocycles. The molecule has 0 unspecified atom stereocenters. The second-order valence-corrected chi connectivity index (χ2v) is 4.46. The summed E-state index contributed by atoms with van der Waals surface area (Å²) in [7, 11) is 1.51. The van der Waals surface area contributed by atoms with E-state index in [2.05, 4.69) is 5.32 Å². The molecule has 0 radical (unpaired) electrons. The fourth-order valence-corrected chi connectivity index (χ4v) is 1.38. The lowest BCUT2D eigenvalue weighted by molar-refractivity contribution is -0.00129. The van der Waals surface area contributed by atoms with Gasteiger partial charge in [0.15, 0.2) is 0 Å².